The molecule has 0 aliphatic rings. The normalized spacial score (nSPS) is 13.2. The van der Waals surface area contributed by atoms with Gasteiger partial charge in [-0.3, -0.25) is 9.59 Å². The number of carbonyl (C=O) groups is 2. The van der Waals surface area contributed by atoms with E-state index < -0.39 is 24.0 Å². The number of aromatic nitrogens is 2. The van der Waals surface area contributed by atoms with E-state index in [4.69, 9.17) is 4.74 Å². The Morgan fingerprint density at radius 1 is 1.24 bits per heavy atom. The Bertz CT molecular complexity index is 1020. The maximum Gasteiger partial charge on any atom is 0.359 e. The van der Waals surface area contributed by atoms with Gasteiger partial charge in [-0.25, -0.2) is 9.48 Å². The molecule has 0 saturated heterocycles. The number of nitriles is 1. The predicted octanol–water partition coefficient (Wildman–Crippen LogP) is 2.26. The van der Waals surface area contributed by atoms with Crippen molar-refractivity contribution in [3.8, 4) is 6.07 Å². The largest absolute Gasteiger partial charge is 0.451 e. The molecular formula is C21H26N4O4. The van der Waals surface area contributed by atoms with Crippen molar-refractivity contribution in [3.05, 3.63) is 40.3 Å². The number of ether oxygens (including phenoxy) is 1. The van der Waals surface area contributed by atoms with Gasteiger partial charge in [0.15, 0.2) is 12.3 Å². The molecule has 0 saturated carbocycles. The van der Waals surface area contributed by atoms with Gasteiger partial charge in [-0.2, -0.15) is 10.4 Å². The lowest BCUT2D eigenvalue weighted by Crippen LogP contribution is -2.50. The third-order valence-corrected chi connectivity index (χ3v) is 4.72. The van der Waals surface area contributed by atoms with Crippen molar-refractivity contribution in [1.82, 2.24) is 15.1 Å². The van der Waals surface area contributed by atoms with Crippen LogP contribution in [0.2, 0.25) is 0 Å². The fourth-order valence-corrected chi connectivity index (χ4v) is 2.68. The van der Waals surface area contributed by atoms with Crippen molar-refractivity contribution in [2.45, 2.75) is 46.7 Å². The molecule has 0 bridgehead atoms. The van der Waals surface area contributed by atoms with Crippen molar-refractivity contribution in [3.63, 3.8) is 0 Å². The van der Waals surface area contributed by atoms with Gasteiger partial charge in [0, 0.05) is 11.9 Å². The molecule has 2 aromatic rings. The maximum absolute atomic E-state index is 12.6. The predicted molar refractivity (Wildman–Crippen MR) is 108 cm³/mol. The topological polar surface area (TPSA) is 114 Å². The van der Waals surface area contributed by atoms with E-state index in [0.717, 1.165) is 0 Å². The Kier molecular flexibility index (Phi) is 6.75. The molecule has 0 fully saturated rings. The highest BCUT2D eigenvalue weighted by atomic mass is 16.5. The molecule has 29 heavy (non-hydrogen) atoms. The van der Waals surface area contributed by atoms with Gasteiger partial charge >= 0.3 is 5.97 Å². The summed E-state index contributed by atoms with van der Waals surface area (Å²) in [5.74, 6) is -1.37. The van der Waals surface area contributed by atoms with Gasteiger partial charge in [-0.05, 0) is 24.8 Å². The third kappa shape index (κ3) is 4.99. The summed E-state index contributed by atoms with van der Waals surface area (Å²) < 4.78 is 6.37. The van der Waals surface area contributed by atoms with Gasteiger partial charge in [-0.15, -0.1) is 0 Å². The van der Waals surface area contributed by atoms with Crippen LogP contribution in [0.1, 0.15) is 45.1 Å². The van der Waals surface area contributed by atoms with Gasteiger partial charge < -0.3 is 10.1 Å². The zero-order valence-corrected chi connectivity index (χ0v) is 17.4. The average molecular weight is 398 g/mol. The summed E-state index contributed by atoms with van der Waals surface area (Å²) in [5, 5.41) is 16.8. The highest BCUT2D eigenvalue weighted by molar-refractivity contribution is 6.02. The summed E-state index contributed by atoms with van der Waals surface area (Å²) in [5.41, 5.74) is -1.38. The van der Waals surface area contributed by atoms with E-state index in [2.05, 4.69) is 16.5 Å². The van der Waals surface area contributed by atoms with Crippen molar-refractivity contribution in [2.75, 3.05) is 6.61 Å². The molecule has 0 aliphatic carbocycles. The standard InChI is InChI=1S/C21H26N4O4/c1-13(2)10-25-19(27)16-9-7-6-8-15(16)18(24-25)20(28)29-11-17(26)23-21(5,12-22)14(3)4/h6-9,13-14H,10-11H2,1-5H3,(H,23,26)/t21-/m0/s1. The molecule has 154 valence electrons. The minimum absolute atomic E-state index is 0.0273. The van der Waals surface area contributed by atoms with Gasteiger partial charge in [0.2, 0.25) is 0 Å². The van der Waals surface area contributed by atoms with Gasteiger partial charge in [0.05, 0.1) is 11.5 Å². The molecule has 0 unspecified atom stereocenters. The molecule has 8 nitrogen and oxygen atoms in total. The first-order valence-corrected chi connectivity index (χ1v) is 9.48. The molecular weight excluding hydrogens is 372 g/mol. The Morgan fingerprint density at radius 2 is 1.86 bits per heavy atom. The molecule has 8 heteroatoms. The third-order valence-electron chi connectivity index (χ3n) is 4.72. The second-order valence-corrected chi connectivity index (χ2v) is 7.87. The lowest BCUT2D eigenvalue weighted by molar-refractivity contribution is -0.125. The van der Waals surface area contributed by atoms with Crippen LogP contribution in [-0.2, 0) is 16.1 Å². The smallest absolute Gasteiger partial charge is 0.359 e. The molecule has 1 N–H and O–H groups in total. The van der Waals surface area contributed by atoms with E-state index in [9.17, 15) is 19.6 Å². The summed E-state index contributed by atoms with van der Waals surface area (Å²) >= 11 is 0. The van der Waals surface area contributed by atoms with Crippen molar-refractivity contribution >= 4 is 22.6 Å². The summed E-state index contributed by atoms with van der Waals surface area (Å²) in [6, 6.07) is 8.71. The van der Waals surface area contributed by atoms with E-state index in [1.165, 1.54) is 4.68 Å². The van der Waals surface area contributed by atoms with Crippen LogP contribution in [-0.4, -0.2) is 33.8 Å². The number of nitrogens with one attached hydrogen (secondary N) is 1. The van der Waals surface area contributed by atoms with Gasteiger partial charge in [0.25, 0.3) is 11.5 Å². The summed E-state index contributed by atoms with van der Waals surface area (Å²) in [6.07, 6.45) is 0. The number of hydrogen-bond acceptors (Lipinski definition) is 6. The van der Waals surface area contributed by atoms with Crippen LogP contribution >= 0.6 is 0 Å². The molecule has 1 heterocycles. The first kappa shape index (κ1) is 22.1. The van der Waals surface area contributed by atoms with Crippen LogP contribution in [0.15, 0.2) is 29.1 Å². The molecule has 2 rings (SSSR count). The minimum atomic E-state index is -1.07. The van der Waals surface area contributed by atoms with Crippen molar-refractivity contribution < 1.29 is 14.3 Å². The Labute approximate surface area is 169 Å². The number of rotatable bonds is 7. The quantitative estimate of drug-likeness (QED) is 0.716. The van der Waals surface area contributed by atoms with Crippen molar-refractivity contribution in [2.24, 2.45) is 11.8 Å². The number of nitrogens with zero attached hydrogens (tertiary/aromatic N) is 3. The van der Waals surface area contributed by atoms with Gasteiger partial charge in [0.1, 0.15) is 5.54 Å². The van der Waals surface area contributed by atoms with E-state index in [0.29, 0.717) is 17.3 Å². The SMILES string of the molecule is CC(C)Cn1nc(C(=O)OCC(=O)N[C@@](C)(C#N)C(C)C)c2ccccc2c1=O. The van der Waals surface area contributed by atoms with E-state index in [1.54, 1.807) is 31.2 Å². The molecule has 1 aromatic carbocycles. The average Bonchev–Trinajstić information content (AvgIpc) is 2.67. The highest BCUT2D eigenvalue weighted by Gasteiger charge is 2.30. The second-order valence-electron chi connectivity index (χ2n) is 7.87. The molecule has 0 aliphatic heterocycles. The Morgan fingerprint density at radius 3 is 2.41 bits per heavy atom. The van der Waals surface area contributed by atoms with E-state index >= 15 is 0 Å². The molecule has 1 amide bonds. The highest BCUT2D eigenvalue weighted by Crippen LogP contribution is 2.16. The van der Waals surface area contributed by atoms with Crippen LogP contribution < -0.4 is 10.9 Å². The molecule has 0 radical (unpaired) electrons. The summed E-state index contributed by atoms with van der Waals surface area (Å²) in [6.45, 7) is 8.89. The molecule has 1 atom stereocenters. The monoisotopic (exact) mass is 398 g/mol. The lowest BCUT2D eigenvalue weighted by atomic mass is 9.90. The second kappa shape index (κ2) is 8.86. The Balaban J connectivity index is 2.27. The number of carbonyl (C=O) groups excluding carboxylic acids is 2. The number of amides is 1. The zero-order chi connectivity index (χ0) is 21.8. The van der Waals surface area contributed by atoms with E-state index in [1.807, 2.05) is 27.7 Å². The van der Waals surface area contributed by atoms with Crippen LogP contribution in [0.3, 0.4) is 0 Å². The fourth-order valence-electron chi connectivity index (χ4n) is 2.68. The van der Waals surface area contributed by atoms with Crippen LogP contribution in [0.4, 0.5) is 0 Å². The van der Waals surface area contributed by atoms with E-state index in [-0.39, 0.29) is 23.1 Å². The Hall–Kier alpha value is -3.21. The number of hydrogen-bond donors (Lipinski definition) is 1. The van der Waals surface area contributed by atoms with Gasteiger partial charge in [-0.1, -0.05) is 45.9 Å². The number of fused-ring (bicyclic) bond motifs is 1. The minimum Gasteiger partial charge on any atom is -0.451 e. The molecule has 0 spiro atoms. The van der Waals surface area contributed by atoms with Crippen LogP contribution in [0.5, 0.6) is 0 Å². The summed E-state index contributed by atoms with van der Waals surface area (Å²) in [4.78, 5) is 37.4. The summed E-state index contributed by atoms with van der Waals surface area (Å²) in [7, 11) is 0. The van der Waals surface area contributed by atoms with Crippen molar-refractivity contribution in [1.29, 1.82) is 5.26 Å². The molecule has 1 aromatic heterocycles. The first-order chi connectivity index (χ1) is 13.6. The zero-order valence-electron chi connectivity index (χ0n) is 17.4. The lowest BCUT2D eigenvalue weighted by Gasteiger charge is -2.27. The van der Waals surface area contributed by atoms with Crippen LogP contribution in [0.25, 0.3) is 10.8 Å². The first-order valence-electron chi connectivity index (χ1n) is 9.48. The maximum atomic E-state index is 12.6. The fraction of sp³-hybridized carbons (Fsp3) is 0.476. The number of esters is 1. The van der Waals surface area contributed by atoms with Crippen LogP contribution in [0, 0.1) is 23.2 Å². The number of benzene rings is 1.